The Bertz CT molecular complexity index is 558. The second-order valence-electron chi connectivity index (χ2n) is 5.73. The number of aromatic nitrogens is 2. The third kappa shape index (κ3) is 2.01. The summed E-state index contributed by atoms with van der Waals surface area (Å²) in [5.41, 5.74) is -0.0541. The van der Waals surface area contributed by atoms with Crippen molar-refractivity contribution in [1.82, 2.24) is 9.55 Å². The lowest BCUT2D eigenvalue weighted by Gasteiger charge is -2.32. The van der Waals surface area contributed by atoms with Crippen LogP contribution in [0.25, 0.3) is 5.88 Å². The third-order valence-corrected chi connectivity index (χ3v) is 3.86. The predicted molar refractivity (Wildman–Crippen MR) is 71.5 cm³/mol. The van der Waals surface area contributed by atoms with Crippen molar-refractivity contribution in [1.29, 1.82) is 0 Å². The van der Waals surface area contributed by atoms with Crippen LogP contribution in [0.15, 0.2) is 35.3 Å². The van der Waals surface area contributed by atoms with Gasteiger partial charge in [0, 0.05) is 18.5 Å². The first-order chi connectivity index (χ1) is 8.89. The topological polar surface area (TPSA) is 49.4 Å². The highest BCUT2D eigenvalue weighted by Crippen LogP contribution is 2.36. The van der Waals surface area contributed by atoms with Crippen LogP contribution in [0.4, 0.5) is 0 Å². The van der Waals surface area contributed by atoms with E-state index in [1.807, 2.05) is 46.0 Å². The van der Waals surface area contributed by atoms with Crippen LogP contribution < -0.4 is 5.66 Å². The number of hydrogen-bond donors (Lipinski definition) is 0. The average Bonchev–Trinajstić information content (AvgIpc) is 3.00. The quantitative estimate of drug-likeness (QED) is 0.772. The van der Waals surface area contributed by atoms with Gasteiger partial charge in [-0.15, -0.1) is 0 Å². The van der Waals surface area contributed by atoms with Crippen LogP contribution in [-0.4, -0.2) is 27.9 Å². The third-order valence-electron chi connectivity index (χ3n) is 3.86. The molecular weight excluding hydrogens is 243 g/mol. The number of furan rings is 1. The first-order valence-electron chi connectivity index (χ1n) is 6.33. The van der Waals surface area contributed by atoms with E-state index in [9.17, 15) is 0 Å². The van der Waals surface area contributed by atoms with Gasteiger partial charge in [-0.1, -0.05) is 0 Å². The SMILES string of the molecule is CC1(C)OB(c2ccc(-n3ccnc3)o2)OC1(C)C. The summed E-state index contributed by atoms with van der Waals surface area (Å²) >= 11 is 0. The van der Waals surface area contributed by atoms with Gasteiger partial charge in [-0.25, -0.2) is 4.98 Å². The molecule has 0 saturated carbocycles. The zero-order chi connectivity index (χ0) is 13.7. The van der Waals surface area contributed by atoms with E-state index in [1.165, 1.54) is 0 Å². The Balaban J connectivity index is 1.85. The molecule has 2 aromatic rings. The van der Waals surface area contributed by atoms with Gasteiger partial charge in [0.05, 0.1) is 11.2 Å². The molecule has 1 saturated heterocycles. The Hall–Kier alpha value is -1.53. The van der Waals surface area contributed by atoms with Crippen molar-refractivity contribution in [2.75, 3.05) is 0 Å². The highest BCUT2D eigenvalue weighted by Gasteiger charge is 2.53. The molecule has 1 aliphatic heterocycles. The lowest BCUT2D eigenvalue weighted by atomic mass is 9.86. The average molecular weight is 260 g/mol. The zero-order valence-corrected chi connectivity index (χ0v) is 11.6. The van der Waals surface area contributed by atoms with Gasteiger partial charge in [-0.2, -0.15) is 0 Å². The van der Waals surface area contributed by atoms with E-state index in [-0.39, 0.29) is 11.2 Å². The largest absolute Gasteiger partial charge is 0.532 e. The van der Waals surface area contributed by atoms with Crippen molar-refractivity contribution < 1.29 is 13.7 Å². The van der Waals surface area contributed by atoms with Crippen molar-refractivity contribution in [2.24, 2.45) is 0 Å². The summed E-state index contributed by atoms with van der Waals surface area (Å²) in [5.74, 6) is 0.696. The van der Waals surface area contributed by atoms with Crippen LogP contribution >= 0.6 is 0 Å². The Labute approximate surface area is 112 Å². The molecule has 6 heteroatoms. The van der Waals surface area contributed by atoms with Gasteiger partial charge in [-0.3, -0.25) is 4.57 Å². The summed E-state index contributed by atoms with van der Waals surface area (Å²) in [5, 5.41) is 0. The van der Waals surface area contributed by atoms with Crippen molar-refractivity contribution >= 4 is 12.8 Å². The number of rotatable bonds is 2. The summed E-state index contributed by atoms with van der Waals surface area (Å²) in [6, 6.07) is 3.75. The summed E-state index contributed by atoms with van der Waals surface area (Å²) in [6.07, 6.45) is 5.22. The minimum absolute atomic E-state index is 0.361. The second-order valence-corrected chi connectivity index (χ2v) is 5.73. The normalized spacial score (nSPS) is 20.9. The number of imidazole rings is 1. The van der Waals surface area contributed by atoms with Gasteiger partial charge in [0.1, 0.15) is 12.0 Å². The van der Waals surface area contributed by atoms with Crippen molar-refractivity contribution in [2.45, 2.75) is 38.9 Å². The summed E-state index contributed by atoms with van der Waals surface area (Å²) in [4.78, 5) is 3.99. The smallest absolute Gasteiger partial charge is 0.448 e. The van der Waals surface area contributed by atoms with E-state index >= 15 is 0 Å². The fourth-order valence-electron chi connectivity index (χ4n) is 1.96. The molecule has 19 heavy (non-hydrogen) atoms. The summed E-state index contributed by atoms with van der Waals surface area (Å²) in [7, 11) is -0.470. The molecule has 100 valence electrons. The van der Waals surface area contributed by atoms with Gasteiger partial charge in [0.15, 0.2) is 0 Å². The van der Waals surface area contributed by atoms with E-state index < -0.39 is 7.12 Å². The predicted octanol–water partition coefficient (Wildman–Crippen LogP) is 1.76. The second kappa shape index (κ2) is 3.98. The van der Waals surface area contributed by atoms with Gasteiger partial charge < -0.3 is 13.7 Å². The Morgan fingerprint density at radius 1 is 1.11 bits per heavy atom. The Morgan fingerprint density at radius 2 is 1.79 bits per heavy atom. The van der Waals surface area contributed by atoms with Crippen LogP contribution in [-0.2, 0) is 9.31 Å². The number of nitrogens with zero attached hydrogens (tertiary/aromatic N) is 2. The molecule has 3 heterocycles. The molecule has 1 aliphatic rings. The lowest BCUT2D eigenvalue weighted by molar-refractivity contribution is 0.00578. The molecular formula is C13H17BN2O3. The molecule has 0 atom stereocenters. The molecule has 2 aromatic heterocycles. The lowest BCUT2D eigenvalue weighted by Crippen LogP contribution is -2.41. The maximum Gasteiger partial charge on any atom is 0.532 e. The standard InChI is InChI=1S/C13H17BN2O3/c1-12(2)13(3,4)19-14(18-12)10-5-6-11(17-10)16-8-7-15-9-16/h5-9H,1-4H3. The van der Waals surface area contributed by atoms with Crippen LogP contribution in [0.1, 0.15) is 27.7 Å². The van der Waals surface area contributed by atoms with Crippen molar-refractivity contribution in [3.8, 4) is 5.88 Å². The first-order valence-corrected chi connectivity index (χ1v) is 6.33. The highest BCUT2D eigenvalue weighted by atomic mass is 16.7. The highest BCUT2D eigenvalue weighted by molar-refractivity contribution is 6.60. The molecule has 0 aromatic carbocycles. The Morgan fingerprint density at radius 3 is 2.37 bits per heavy atom. The fourth-order valence-corrected chi connectivity index (χ4v) is 1.96. The van der Waals surface area contributed by atoms with Crippen LogP contribution in [0.2, 0.25) is 0 Å². The molecule has 1 fully saturated rings. The molecule has 0 spiro atoms. The van der Waals surface area contributed by atoms with Crippen LogP contribution in [0, 0.1) is 0 Å². The van der Waals surface area contributed by atoms with Gasteiger partial charge in [0.25, 0.3) is 0 Å². The van der Waals surface area contributed by atoms with E-state index in [2.05, 4.69) is 4.98 Å². The molecule has 0 aliphatic carbocycles. The molecule has 0 amide bonds. The molecule has 3 rings (SSSR count). The van der Waals surface area contributed by atoms with Crippen molar-refractivity contribution in [3.63, 3.8) is 0 Å². The van der Waals surface area contributed by atoms with Gasteiger partial charge >= 0.3 is 7.12 Å². The van der Waals surface area contributed by atoms with Crippen LogP contribution in [0.3, 0.4) is 0 Å². The molecule has 0 bridgehead atoms. The van der Waals surface area contributed by atoms with E-state index in [4.69, 9.17) is 13.7 Å². The molecule has 0 radical (unpaired) electrons. The maximum atomic E-state index is 5.94. The van der Waals surface area contributed by atoms with E-state index in [0.717, 1.165) is 0 Å². The monoisotopic (exact) mass is 260 g/mol. The molecule has 0 N–H and O–H groups in total. The zero-order valence-electron chi connectivity index (χ0n) is 11.6. The fraction of sp³-hybridized carbons (Fsp3) is 0.462. The van der Waals surface area contributed by atoms with Crippen LogP contribution in [0.5, 0.6) is 0 Å². The molecule has 5 nitrogen and oxygen atoms in total. The number of hydrogen-bond acceptors (Lipinski definition) is 4. The van der Waals surface area contributed by atoms with Gasteiger partial charge in [0.2, 0.25) is 5.88 Å². The van der Waals surface area contributed by atoms with E-state index in [0.29, 0.717) is 11.5 Å². The maximum absolute atomic E-state index is 5.94. The molecule has 0 unspecified atom stereocenters. The van der Waals surface area contributed by atoms with Gasteiger partial charge in [-0.05, 0) is 33.8 Å². The minimum Gasteiger partial charge on any atom is -0.448 e. The first kappa shape index (κ1) is 12.5. The van der Waals surface area contributed by atoms with E-state index in [1.54, 1.807) is 17.1 Å². The summed E-state index contributed by atoms with van der Waals surface area (Å²) < 4.78 is 19.5. The van der Waals surface area contributed by atoms with Crippen molar-refractivity contribution in [3.05, 3.63) is 30.9 Å². The Kier molecular flexibility index (Phi) is 2.62. The minimum atomic E-state index is -0.470. The summed E-state index contributed by atoms with van der Waals surface area (Å²) in [6.45, 7) is 8.08.